The number of benzene rings is 2. The van der Waals surface area contributed by atoms with Gasteiger partial charge in [0.25, 0.3) is 0 Å². The first-order valence-corrected chi connectivity index (χ1v) is 11.0. The summed E-state index contributed by atoms with van der Waals surface area (Å²) < 4.78 is 14.1. The highest BCUT2D eigenvalue weighted by atomic mass is 79.9. The largest absolute Gasteiger partial charge is 0.465 e. The van der Waals surface area contributed by atoms with Crippen LogP contribution in [0.15, 0.2) is 67.1 Å². The maximum Gasteiger partial charge on any atom is 0.325 e. The average molecular weight is 547 g/mol. The van der Waals surface area contributed by atoms with Gasteiger partial charge in [0.2, 0.25) is 0 Å². The van der Waals surface area contributed by atoms with Crippen molar-refractivity contribution in [2.45, 2.75) is 13.5 Å². The van der Waals surface area contributed by atoms with E-state index in [9.17, 15) is 9.59 Å². The van der Waals surface area contributed by atoms with Crippen LogP contribution in [-0.4, -0.2) is 29.3 Å². The normalized spacial score (nSPS) is 11.5. The lowest BCUT2D eigenvalue weighted by Crippen LogP contribution is -2.16. The molecular formula is C22H17Br2N3O4. The summed E-state index contributed by atoms with van der Waals surface area (Å²) in [7, 11) is 0. The zero-order chi connectivity index (χ0) is 22.0. The van der Waals surface area contributed by atoms with Crippen molar-refractivity contribution in [3.05, 3.63) is 68.9 Å². The fourth-order valence-electron chi connectivity index (χ4n) is 3.26. The molecule has 158 valence electrons. The van der Waals surface area contributed by atoms with E-state index in [1.807, 2.05) is 36.4 Å². The van der Waals surface area contributed by atoms with E-state index in [4.69, 9.17) is 9.15 Å². The van der Waals surface area contributed by atoms with Crippen LogP contribution in [0.1, 0.15) is 23.0 Å². The van der Waals surface area contributed by atoms with Crippen LogP contribution in [0.2, 0.25) is 0 Å². The lowest BCUT2D eigenvalue weighted by Gasteiger charge is -2.04. The average Bonchev–Trinajstić information content (AvgIpc) is 3.31. The minimum atomic E-state index is -0.467. The van der Waals surface area contributed by atoms with Crippen LogP contribution >= 0.6 is 31.9 Å². The monoisotopic (exact) mass is 545 g/mol. The zero-order valence-corrected chi connectivity index (χ0v) is 19.6. The summed E-state index contributed by atoms with van der Waals surface area (Å²) in [4.78, 5) is 24.4. The molecule has 7 nitrogen and oxygen atoms in total. The highest BCUT2D eigenvalue weighted by molar-refractivity contribution is 9.11. The Bertz CT molecular complexity index is 1320. The SMILES string of the molecule is CCOC(=O)Cn1cc(/C=N\NC(=O)c2cc3cc(Br)cc(Br)c3o2)c2ccccc21. The Labute approximate surface area is 194 Å². The van der Waals surface area contributed by atoms with Crippen molar-refractivity contribution in [2.75, 3.05) is 6.61 Å². The van der Waals surface area contributed by atoms with Gasteiger partial charge in [0.05, 0.1) is 17.3 Å². The van der Waals surface area contributed by atoms with Crippen molar-refractivity contribution in [3.63, 3.8) is 0 Å². The second kappa shape index (κ2) is 9.07. The van der Waals surface area contributed by atoms with Gasteiger partial charge in [0.15, 0.2) is 5.76 Å². The van der Waals surface area contributed by atoms with Gasteiger partial charge in [0, 0.05) is 32.5 Å². The van der Waals surface area contributed by atoms with Crippen molar-refractivity contribution in [1.29, 1.82) is 0 Å². The molecule has 2 aromatic heterocycles. The van der Waals surface area contributed by atoms with Crippen LogP contribution < -0.4 is 5.43 Å². The molecule has 0 fully saturated rings. The molecule has 0 aliphatic carbocycles. The zero-order valence-electron chi connectivity index (χ0n) is 16.4. The molecule has 31 heavy (non-hydrogen) atoms. The van der Waals surface area contributed by atoms with Crippen molar-refractivity contribution in [1.82, 2.24) is 9.99 Å². The number of hydrogen-bond acceptors (Lipinski definition) is 5. The Balaban J connectivity index is 1.54. The number of halogens is 2. The van der Waals surface area contributed by atoms with Crippen LogP contribution in [0.3, 0.4) is 0 Å². The molecule has 0 radical (unpaired) electrons. The van der Waals surface area contributed by atoms with E-state index >= 15 is 0 Å². The number of fused-ring (bicyclic) bond motifs is 2. The van der Waals surface area contributed by atoms with Gasteiger partial charge >= 0.3 is 11.9 Å². The van der Waals surface area contributed by atoms with Gasteiger partial charge in [-0.25, -0.2) is 5.43 Å². The highest BCUT2D eigenvalue weighted by Crippen LogP contribution is 2.31. The minimum absolute atomic E-state index is 0.0952. The smallest absolute Gasteiger partial charge is 0.325 e. The third kappa shape index (κ3) is 4.57. The Kier molecular flexibility index (Phi) is 6.24. The molecule has 1 N–H and O–H groups in total. The lowest BCUT2D eigenvalue weighted by atomic mass is 10.2. The maximum atomic E-state index is 12.5. The molecule has 0 aliphatic rings. The Morgan fingerprint density at radius 3 is 2.84 bits per heavy atom. The number of hydrazone groups is 1. The number of carbonyl (C=O) groups excluding carboxylic acids is 2. The van der Waals surface area contributed by atoms with Crippen molar-refractivity contribution >= 4 is 71.8 Å². The third-order valence-electron chi connectivity index (χ3n) is 4.55. The molecular weight excluding hydrogens is 530 g/mol. The molecule has 1 amide bonds. The molecule has 0 saturated heterocycles. The molecule has 0 saturated carbocycles. The first kappa shape index (κ1) is 21.3. The third-order valence-corrected chi connectivity index (χ3v) is 5.60. The summed E-state index contributed by atoms with van der Waals surface area (Å²) in [5.74, 6) is -0.635. The topological polar surface area (TPSA) is 85.8 Å². The van der Waals surface area contributed by atoms with Gasteiger partial charge in [-0.2, -0.15) is 5.10 Å². The Morgan fingerprint density at radius 1 is 1.23 bits per heavy atom. The number of carbonyl (C=O) groups is 2. The molecule has 2 aromatic carbocycles. The van der Waals surface area contributed by atoms with Crippen LogP contribution in [0.5, 0.6) is 0 Å². The number of esters is 1. The fourth-order valence-corrected chi connectivity index (χ4v) is 4.60. The molecule has 0 spiro atoms. The second-order valence-electron chi connectivity index (χ2n) is 6.65. The van der Waals surface area contributed by atoms with Crippen molar-refractivity contribution < 1.29 is 18.7 Å². The molecule has 0 unspecified atom stereocenters. The van der Waals surface area contributed by atoms with Gasteiger partial charge in [0.1, 0.15) is 12.1 Å². The van der Waals surface area contributed by atoms with Crippen molar-refractivity contribution in [3.8, 4) is 0 Å². The number of rotatable bonds is 6. The Morgan fingerprint density at radius 2 is 2.03 bits per heavy atom. The number of furan rings is 1. The number of ether oxygens (including phenoxy) is 1. The number of amides is 1. The molecule has 0 bridgehead atoms. The molecule has 2 heterocycles. The maximum absolute atomic E-state index is 12.5. The van der Waals surface area contributed by atoms with Crippen LogP contribution in [-0.2, 0) is 16.1 Å². The fraction of sp³-hybridized carbons (Fsp3) is 0.136. The summed E-state index contributed by atoms with van der Waals surface area (Å²) in [5, 5.41) is 5.77. The van der Waals surface area contributed by atoms with Gasteiger partial charge in [-0.1, -0.05) is 34.1 Å². The van der Waals surface area contributed by atoms with E-state index in [-0.39, 0.29) is 18.3 Å². The predicted octanol–water partition coefficient (Wildman–Crippen LogP) is 5.24. The van der Waals surface area contributed by atoms with E-state index in [2.05, 4.69) is 42.4 Å². The molecule has 0 atom stereocenters. The van der Waals surface area contributed by atoms with Gasteiger partial charge < -0.3 is 13.7 Å². The number of nitrogens with one attached hydrogen (secondary N) is 1. The van der Waals surface area contributed by atoms with Gasteiger partial charge in [-0.15, -0.1) is 0 Å². The highest BCUT2D eigenvalue weighted by Gasteiger charge is 2.15. The number of hydrogen-bond donors (Lipinski definition) is 1. The quantitative estimate of drug-likeness (QED) is 0.203. The van der Waals surface area contributed by atoms with Crippen molar-refractivity contribution in [2.24, 2.45) is 5.10 Å². The van der Waals surface area contributed by atoms with Gasteiger partial charge in [-0.3, -0.25) is 9.59 Å². The summed E-state index contributed by atoms with van der Waals surface area (Å²) in [6.07, 6.45) is 3.34. The lowest BCUT2D eigenvalue weighted by molar-refractivity contribution is -0.143. The summed E-state index contributed by atoms with van der Waals surface area (Å²) >= 11 is 6.84. The second-order valence-corrected chi connectivity index (χ2v) is 8.42. The minimum Gasteiger partial charge on any atom is -0.465 e. The van der Waals surface area contributed by atoms with Crippen LogP contribution in [0.4, 0.5) is 0 Å². The van der Waals surface area contributed by atoms with E-state index < -0.39 is 5.91 Å². The molecule has 4 aromatic rings. The first-order valence-electron chi connectivity index (χ1n) is 9.41. The summed E-state index contributed by atoms with van der Waals surface area (Å²) in [6, 6.07) is 13.0. The predicted molar refractivity (Wildman–Crippen MR) is 125 cm³/mol. The summed E-state index contributed by atoms with van der Waals surface area (Å²) in [5.41, 5.74) is 4.70. The van der Waals surface area contributed by atoms with Crippen LogP contribution in [0, 0.1) is 0 Å². The number of para-hydroxylation sites is 1. The Hall–Kier alpha value is -2.91. The van der Waals surface area contributed by atoms with E-state index in [1.165, 1.54) is 6.21 Å². The van der Waals surface area contributed by atoms with E-state index in [0.717, 1.165) is 30.8 Å². The number of nitrogens with zero attached hydrogens (tertiary/aromatic N) is 2. The molecule has 9 heteroatoms. The molecule has 0 aliphatic heterocycles. The summed E-state index contributed by atoms with van der Waals surface area (Å²) in [6.45, 7) is 2.19. The van der Waals surface area contributed by atoms with Gasteiger partial charge in [-0.05, 0) is 47.1 Å². The number of aromatic nitrogens is 1. The first-order chi connectivity index (χ1) is 15.0. The molecule has 4 rings (SSSR count). The standard InChI is InChI=1S/C22H17Br2N3O4/c1-2-30-20(28)12-27-11-14(16-5-3-4-6-18(16)27)10-25-26-22(29)19-8-13-7-15(23)9-17(24)21(13)31-19/h3-11H,2,12H2,1H3,(H,26,29)/b25-10-. The van der Waals surface area contributed by atoms with Crippen LogP contribution in [0.25, 0.3) is 21.9 Å². The van der Waals surface area contributed by atoms with E-state index in [0.29, 0.717) is 12.2 Å². The van der Waals surface area contributed by atoms with E-state index in [1.54, 1.807) is 23.8 Å².